The number of fused-ring (bicyclic) bond motifs is 3. The van der Waals surface area contributed by atoms with Gasteiger partial charge in [0.2, 0.25) is 0 Å². The Balaban J connectivity index is 0.00000160. The molecule has 158 valence electrons. The molecule has 0 aromatic heterocycles. The van der Waals surface area contributed by atoms with Gasteiger partial charge in [-0.3, -0.25) is 0 Å². The first-order chi connectivity index (χ1) is 13.2. The molecule has 0 amide bonds. The van der Waals surface area contributed by atoms with Crippen molar-refractivity contribution in [2.45, 2.75) is 52.1 Å². The van der Waals surface area contributed by atoms with Gasteiger partial charge >= 0.3 is 179 Å². The van der Waals surface area contributed by atoms with Crippen LogP contribution in [-0.2, 0) is 21.3 Å². The Kier molecular flexibility index (Phi) is 7.99. The minimum atomic E-state index is -2.12. The molecule has 1 unspecified atom stereocenters. The molecule has 0 radical (unpaired) electrons. The van der Waals surface area contributed by atoms with Crippen molar-refractivity contribution < 1.29 is 46.1 Å². The molecule has 0 saturated heterocycles. The molecule has 30 heavy (non-hydrogen) atoms. The average Bonchev–Trinajstić information content (AvgIpc) is 3.12. The van der Waals surface area contributed by atoms with Crippen LogP contribution in [0.3, 0.4) is 0 Å². The summed E-state index contributed by atoms with van der Waals surface area (Å²) in [5.41, 5.74) is 9.51. The number of halogens is 2. The van der Waals surface area contributed by atoms with Crippen LogP contribution in [0.25, 0.3) is 11.1 Å². The van der Waals surface area contributed by atoms with Crippen molar-refractivity contribution in [3.05, 3.63) is 80.2 Å². The summed E-state index contributed by atoms with van der Waals surface area (Å²) in [4.78, 5) is 0. The molecule has 0 bridgehead atoms. The van der Waals surface area contributed by atoms with Gasteiger partial charge in [0, 0.05) is 0 Å². The van der Waals surface area contributed by atoms with E-state index in [4.69, 9.17) is 0 Å². The molecule has 0 aliphatic heterocycles. The molecule has 2 aromatic rings. The Morgan fingerprint density at radius 1 is 0.833 bits per heavy atom. The summed E-state index contributed by atoms with van der Waals surface area (Å²) < 4.78 is 4.15. The predicted octanol–water partition coefficient (Wildman–Crippen LogP) is 1.49. The second-order valence-corrected chi connectivity index (χ2v) is 16.9. The van der Waals surface area contributed by atoms with E-state index in [-0.39, 0.29) is 30.2 Å². The van der Waals surface area contributed by atoms with E-state index in [1.165, 1.54) is 11.1 Å². The Morgan fingerprint density at radius 3 is 1.70 bits per heavy atom. The summed E-state index contributed by atoms with van der Waals surface area (Å²) in [5, 5.41) is 0. The monoisotopic (exact) mass is 516 g/mol. The Morgan fingerprint density at radius 2 is 1.30 bits per heavy atom. The van der Waals surface area contributed by atoms with Crippen molar-refractivity contribution in [2.24, 2.45) is 11.3 Å². The Hall–Kier alpha value is -0.747. The van der Waals surface area contributed by atoms with Crippen molar-refractivity contribution in [1.29, 1.82) is 0 Å². The van der Waals surface area contributed by atoms with Crippen molar-refractivity contribution in [2.75, 3.05) is 0 Å². The third-order valence-electron chi connectivity index (χ3n) is 6.44. The number of benzene rings is 2. The van der Waals surface area contributed by atoms with E-state index in [9.17, 15) is 0 Å². The van der Waals surface area contributed by atoms with Crippen molar-refractivity contribution >= 4 is 3.21 Å². The van der Waals surface area contributed by atoms with Crippen LogP contribution in [0.15, 0.2) is 69.0 Å². The van der Waals surface area contributed by atoms with Crippen LogP contribution >= 0.6 is 0 Å². The minimum absolute atomic E-state index is 0. The zero-order valence-corrected chi connectivity index (χ0v) is 23.1. The fraction of sp³-hybridized carbons (Fsp3) is 0.370. The SMILES string of the molecule is CC1=[C]([Zr+2](=[C](C)C)[CH]2c3ccccc3-c3ccccc32)C(C)C=C1C(C)(C)C.[Cl-].[Cl-]. The first-order valence-corrected chi connectivity index (χ1v) is 14.4. The zero-order chi connectivity index (χ0) is 20.2. The molecular formula is C27H32Cl2Zr. The third-order valence-corrected chi connectivity index (χ3v) is 15.5. The summed E-state index contributed by atoms with van der Waals surface area (Å²) in [6, 6.07) is 18.3. The fourth-order valence-electron chi connectivity index (χ4n) is 5.38. The van der Waals surface area contributed by atoms with Crippen molar-refractivity contribution in [3.63, 3.8) is 0 Å². The largest absolute Gasteiger partial charge is 1.00 e. The molecule has 2 aromatic carbocycles. The second kappa shape index (κ2) is 9.40. The van der Waals surface area contributed by atoms with Gasteiger partial charge in [-0.1, -0.05) is 0 Å². The number of hydrogen-bond acceptors (Lipinski definition) is 0. The molecule has 2 aliphatic rings. The molecule has 0 nitrogen and oxygen atoms in total. The molecule has 2 aliphatic carbocycles. The van der Waals surface area contributed by atoms with Crippen LogP contribution in [0, 0.1) is 11.3 Å². The van der Waals surface area contributed by atoms with Gasteiger partial charge in [0.1, 0.15) is 0 Å². The standard InChI is InChI=1S/C13H9.C11H17.C3H6.2ClH.Zr/c1-3-7-12-10(5-1)9-11-6-2-4-8-13(11)12;1-8-6-9(2)10(7-8)11(3,4)5;1-3-2;;;/h1-9H;7-8H,1-5H3;1-2H3;2*1H;/q;;;;;+2/p-2. The number of hydrogen-bond donors (Lipinski definition) is 0. The smallest absolute Gasteiger partial charge is 1.00 e. The van der Waals surface area contributed by atoms with E-state index in [0.717, 1.165) is 0 Å². The van der Waals surface area contributed by atoms with Crippen LogP contribution in [0.1, 0.15) is 63.2 Å². The van der Waals surface area contributed by atoms with Crippen molar-refractivity contribution in [1.82, 2.24) is 0 Å². The van der Waals surface area contributed by atoms with Gasteiger partial charge in [-0.2, -0.15) is 0 Å². The summed E-state index contributed by atoms with van der Waals surface area (Å²) in [7, 11) is 0. The summed E-state index contributed by atoms with van der Waals surface area (Å²) in [5.74, 6) is 0.582. The quantitative estimate of drug-likeness (QED) is 0.566. The summed E-state index contributed by atoms with van der Waals surface area (Å²) in [6.07, 6.45) is 2.57. The van der Waals surface area contributed by atoms with Crippen LogP contribution < -0.4 is 24.8 Å². The normalized spacial score (nSPS) is 17.3. The van der Waals surface area contributed by atoms with E-state index < -0.39 is 21.3 Å². The van der Waals surface area contributed by atoms with Gasteiger partial charge in [-0.25, -0.2) is 0 Å². The predicted molar refractivity (Wildman–Crippen MR) is 119 cm³/mol. The summed E-state index contributed by atoms with van der Waals surface area (Å²) >= 11 is -2.12. The molecule has 1 atom stereocenters. The first kappa shape index (κ1) is 25.5. The van der Waals surface area contributed by atoms with E-state index in [2.05, 4.69) is 103 Å². The van der Waals surface area contributed by atoms with Crippen LogP contribution in [-0.4, -0.2) is 3.21 Å². The molecule has 3 heteroatoms. The molecule has 0 saturated carbocycles. The molecule has 0 spiro atoms. The Labute approximate surface area is 202 Å². The van der Waals surface area contributed by atoms with E-state index in [0.29, 0.717) is 9.54 Å². The van der Waals surface area contributed by atoms with Gasteiger partial charge < -0.3 is 24.8 Å². The third kappa shape index (κ3) is 4.15. The fourth-order valence-corrected chi connectivity index (χ4v) is 14.4. The van der Waals surface area contributed by atoms with Crippen LogP contribution in [0.4, 0.5) is 0 Å². The minimum Gasteiger partial charge on any atom is -1.00 e. The van der Waals surface area contributed by atoms with Gasteiger partial charge in [0.25, 0.3) is 0 Å². The van der Waals surface area contributed by atoms with E-state index in [1.54, 1.807) is 25.5 Å². The zero-order valence-electron chi connectivity index (χ0n) is 19.1. The maximum Gasteiger partial charge on any atom is -1.00 e. The van der Waals surface area contributed by atoms with Gasteiger partial charge in [-0.05, 0) is 0 Å². The van der Waals surface area contributed by atoms with Gasteiger partial charge in [0.05, 0.1) is 0 Å². The summed E-state index contributed by atoms with van der Waals surface area (Å²) in [6.45, 7) is 16.8. The van der Waals surface area contributed by atoms with Crippen LogP contribution in [0.5, 0.6) is 0 Å². The molecular weight excluding hydrogens is 486 g/mol. The van der Waals surface area contributed by atoms with Crippen molar-refractivity contribution in [3.8, 4) is 11.1 Å². The molecule has 0 fully saturated rings. The maximum absolute atomic E-state index is 2.57. The second-order valence-electron chi connectivity index (χ2n) is 9.68. The molecule has 0 heterocycles. The van der Waals surface area contributed by atoms with E-state index >= 15 is 0 Å². The maximum atomic E-state index is 2.57. The van der Waals surface area contributed by atoms with Gasteiger partial charge in [-0.15, -0.1) is 0 Å². The first-order valence-electron chi connectivity index (χ1n) is 10.5. The molecule has 0 N–H and O–H groups in total. The number of allylic oxidation sites excluding steroid dienone is 4. The van der Waals surface area contributed by atoms with Crippen LogP contribution in [0.2, 0.25) is 0 Å². The van der Waals surface area contributed by atoms with E-state index in [1.807, 2.05) is 3.28 Å². The average molecular weight is 519 g/mol. The van der Waals surface area contributed by atoms with Gasteiger partial charge in [0.15, 0.2) is 0 Å². The molecule has 4 rings (SSSR count). The Bertz CT molecular complexity index is 1000. The topological polar surface area (TPSA) is 0 Å². The number of rotatable bonds is 2.